The fourth-order valence-electron chi connectivity index (χ4n) is 3.25. The molecule has 2 amide bonds. The Bertz CT molecular complexity index is 483. The fourth-order valence-corrected chi connectivity index (χ4v) is 3.86. The van der Waals surface area contributed by atoms with Crippen molar-refractivity contribution in [1.29, 1.82) is 0 Å². The summed E-state index contributed by atoms with van der Waals surface area (Å²) in [6, 6.07) is -0.305. The highest BCUT2D eigenvalue weighted by Crippen LogP contribution is 2.31. The smallest absolute Gasteiger partial charge is 0.243 e. The summed E-state index contributed by atoms with van der Waals surface area (Å²) in [5, 5.41) is 5.54. The quantitative estimate of drug-likeness (QED) is 0.919. The number of carbonyl (C=O) groups is 2. The number of piperazine rings is 1. The lowest BCUT2D eigenvalue weighted by Gasteiger charge is -2.40. The molecule has 0 spiro atoms. The molecule has 2 fully saturated rings. The number of nitrogens with zero attached hydrogens (tertiary/aromatic N) is 2. The molecule has 2 aliphatic rings. The molecule has 1 unspecified atom stereocenters. The lowest BCUT2D eigenvalue weighted by atomic mass is 9.82. The summed E-state index contributed by atoms with van der Waals surface area (Å²) in [4.78, 5) is 30.4. The minimum Gasteiger partial charge on any atom is -0.345 e. The number of thiazole rings is 1. The van der Waals surface area contributed by atoms with Gasteiger partial charge in [-0.3, -0.25) is 9.59 Å². The maximum atomic E-state index is 12.3. The van der Waals surface area contributed by atoms with E-state index in [2.05, 4.69) is 10.3 Å². The minimum absolute atomic E-state index is 0.00746. The van der Waals surface area contributed by atoms with Crippen molar-refractivity contribution in [3.63, 3.8) is 0 Å². The summed E-state index contributed by atoms with van der Waals surface area (Å²) in [5.41, 5.74) is 0. The molecule has 0 bridgehead atoms. The average molecular weight is 293 g/mol. The van der Waals surface area contributed by atoms with E-state index >= 15 is 0 Å². The predicted octanol–water partition coefficient (Wildman–Crippen LogP) is 1.55. The van der Waals surface area contributed by atoms with Crippen LogP contribution >= 0.6 is 11.3 Å². The molecule has 1 atom stereocenters. The largest absolute Gasteiger partial charge is 0.345 e. The first kappa shape index (κ1) is 13.5. The SMILES string of the molecule is O=C1NCC(=O)N(Cc2nccs2)C1C1CCCCC1. The zero-order valence-electron chi connectivity index (χ0n) is 11.4. The number of nitrogens with one attached hydrogen (secondary N) is 1. The van der Waals surface area contributed by atoms with Gasteiger partial charge in [-0.25, -0.2) is 4.98 Å². The van der Waals surface area contributed by atoms with Crippen molar-refractivity contribution >= 4 is 23.2 Å². The highest BCUT2D eigenvalue weighted by molar-refractivity contribution is 7.09. The van der Waals surface area contributed by atoms with Crippen LogP contribution in [0.15, 0.2) is 11.6 Å². The maximum Gasteiger partial charge on any atom is 0.243 e. The van der Waals surface area contributed by atoms with Crippen LogP contribution in [0.5, 0.6) is 0 Å². The van der Waals surface area contributed by atoms with Crippen molar-refractivity contribution in [2.75, 3.05) is 6.54 Å². The predicted molar refractivity (Wildman–Crippen MR) is 76.0 cm³/mol. The highest BCUT2D eigenvalue weighted by atomic mass is 32.1. The molecule has 1 aliphatic heterocycles. The van der Waals surface area contributed by atoms with Crippen LogP contribution in [-0.2, 0) is 16.1 Å². The zero-order valence-corrected chi connectivity index (χ0v) is 12.2. The molecule has 3 rings (SSSR count). The number of hydrogen-bond donors (Lipinski definition) is 1. The standard InChI is InChI=1S/C14H19N3O2S/c18-12-8-16-14(19)13(10-4-2-1-3-5-10)17(12)9-11-15-6-7-20-11/h6-7,10,13H,1-5,8-9H2,(H,16,19). The normalized spacial score (nSPS) is 24.8. The third-order valence-electron chi connectivity index (χ3n) is 4.22. The first-order valence-electron chi connectivity index (χ1n) is 7.21. The van der Waals surface area contributed by atoms with Gasteiger partial charge in [0.05, 0.1) is 13.1 Å². The van der Waals surface area contributed by atoms with Gasteiger partial charge in [-0.1, -0.05) is 19.3 Å². The third kappa shape index (κ3) is 2.70. The topological polar surface area (TPSA) is 62.3 Å². The molecule has 1 saturated carbocycles. The van der Waals surface area contributed by atoms with Crippen LogP contribution in [0.25, 0.3) is 0 Å². The summed E-state index contributed by atoms with van der Waals surface area (Å²) in [6.07, 6.45) is 7.39. The third-order valence-corrected chi connectivity index (χ3v) is 4.99. The molecule has 0 radical (unpaired) electrons. The van der Waals surface area contributed by atoms with Gasteiger partial charge in [-0.15, -0.1) is 11.3 Å². The van der Waals surface area contributed by atoms with Crippen LogP contribution < -0.4 is 5.32 Å². The van der Waals surface area contributed by atoms with Crippen molar-refractivity contribution in [2.24, 2.45) is 5.92 Å². The van der Waals surface area contributed by atoms with Crippen LogP contribution in [-0.4, -0.2) is 34.3 Å². The van der Waals surface area contributed by atoms with Crippen LogP contribution in [0.4, 0.5) is 0 Å². The Morgan fingerprint density at radius 3 is 2.80 bits per heavy atom. The van der Waals surface area contributed by atoms with E-state index < -0.39 is 0 Å². The van der Waals surface area contributed by atoms with Crippen LogP contribution in [0.1, 0.15) is 37.1 Å². The van der Waals surface area contributed by atoms with E-state index in [0.29, 0.717) is 12.5 Å². The second kappa shape index (κ2) is 5.91. The molecule has 20 heavy (non-hydrogen) atoms. The van der Waals surface area contributed by atoms with Crippen molar-refractivity contribution in [3.05, 3.63) is 16.6 Å². The number of aromatic nitrogens is 1. The van der Waals surface area contributed by atoms with Crippen LogP contribution in [0.3, 0.4) is 0 Å². The van der Waals surface area contributed by atoms with E-state index in [1.54, 1.807) is 11.1 Å². The van der Waals surface area contributed by atoms with E-state index in [1.165, 1.54) is 17.8 Å². The van der Waals surface area contributed by atoms with Gasteiger partial charge in [-0.05, 0) is 18.8 Å². The Kier molecular flexibility index (Phi) is 4.00. The van der Waals surface area contributed by atoms with Gasteiger partial charge in [-0.2, -0.15) is 0 Å². The van der Waals surface area contributed by atoms with Crippen molar-refractivity contribution < 1.29 is 9.59 Å². The lowest BCUT2D eigenvalue weighted by molar-refractivity contribution is -0.149. The number of carbonyl (C=O) groups excluding carboxylic acids is 2. The van der Waals surface area contributed by atoms with Crippen molar-refractivity contribution in [1.82, 2.24) is 15.2 Å². The van der Waals surface area contributed by atoms with E-state index in [9.17, 15) is 9.59 Å². The van der Waals surface area contributed by atoms with Crippen LogP contribution in [0.2, 0.25) is 0 Å². The van der Waals surface area contributed by atoms with Gasteiger partial charge >= 0.3 is 0 Å². The van der Waals surface area contributed by atoms with E-state index in [-0.39, 0.29) is 24.4 Å². The second-order valence-corrected chi connectivity index (χ2v) is 6.49. The highest BCUT2D eigenvalue weighted by Gasteiger charge is 2.40. The Hall–Kier alpha value is -1.43. The molecule has 108 valence electrons. The fraction of sp³-hybridized carbons (Fsp3) is 0.643. The van der Waals surface area contributed by atoms with E-state index in [4.69, 9.17) is 0 Å². The summed E-state index contributed by atoms with van der Waals surface area (Å²) in [5.74, 6) is 0.316. The van der Waals surface area contributed by atoms with Gasteiger partial charge in [0.15, 0.2) is 0 Å². The summed E-state index contributed by atoms with van der Waals surface area (Å²) in [6.45, 7) is 0.582. The molecule has 5 nitrogen and oxygen atoms in total. The molecule has 1 aliphatic carbocycles. The monoisotopic (exact) mass is 293 g/mol. The van der Waals surface area contributed by atoms with Gasteiger partial charge in [0.2, 0.25) is 11.8 Å². The molecule has 1 aromatic heterocycles. The molecular formula is C14H19N3O2S. The zero-order chi connectivity index (χ0) is 13.9. The molecule has 6 heteroatoms. The molecule has 1 aromatic rings. The molecule has 1 N–H and O–H groups in total. The molecule has 0 aromatic carbocycles. The number of amides is 2. The molecule has 2 heterocycles. The lowest BCUT2D eigenvalue weighted by Crippen LogP contribution is -2.60. The second-order valence-electron chi connectivity index (χ2n) is 5.51. The summed E-state index contributed by atoms with van der Waals surface area (Å²) in [7, 11) is 0. The first-order valence-corrected chi connectivity index (χ1v) is 8.09. The average Bonchev–Trinajstić information content (AvgIpc) is 2.97. The number of hydrogen-bond acceptors (Lipinski definition) is 4. The Morgan fingerprint density at radius 2 is 2.10 bits per heavy atom. The van der Waals surface area contributed by atoms with Crippen molar-refractivity contribution in [2.45, 2.75) is 44.7 Å². The summed E-state index contributed by atoms with van der Waals surface area (Å²) >= 11 is 1.53. The maximum absolute atomic E-state index is 12.3. The Labute approximate surface area is 122 Å². The Balaban J connectivity index is 1.80. The van der Waals surface area contributed by atoms with Crippen molar-refractivity contribution in [3.8, 4) is 0 Å². The summed E-state index contributed by atoms with van der Waals surface area (Å²) < 4.78 is 0. The molecular weight excluding hydrogens is 274 g/mol. The van der Waals surface area contributed by atoms with Gasteiger partial charge in [0.1, 0.15) is 11.0 Å². The van der Waals surface area contributed by atoms with Gasteiger partial charge in [0, 0.05) is 11.6 Å². The number of rotatable bonds is 3. The van der Waals surface area contributed by atoms with Crippen LogP contribution in [0, 0.1) is 5.92 Å². The van der Waals surface area contributed by atoms with E-state index in [0.717, 1.165) is 30.7 Å². The minimum atomic E-state index is -0.305. The van der Waals surface area contributed by atoms with E-state index in [1.807, 2.05) is 5.38 Å². The molecule has 1 saturated heterocycles. The Morgan fingerprint density at radius 1 is 1.30 bits per heavy atom. The first-order chi connectivity index (χ1) is 9.75. The van der Waals surface area contributed by atoms with Gasteiger partial charge < -0.3 is 10.2 Å². The van der Waals surface area contributed by atoms with Gasteiger partial charge in [0.25, 0.3) is 0 Å².